The van der Waals surface area contributed by atoms with Crippen molar-refractivity contribution in [3.05, 3.63) is 57.0 Å². The molecule has 0 amide bonds. The van der Waals surface area contributed by atoms with Gasteiger partial charge >= 0.3 is 0 Å². The molecule has 5 heteroatoms. The fraction of sp³-hybridized carbons (Fsp3) is 0.308. The number of nitrogens with one attached hydrogen (secondary N) is 2. The maximum absolute atomic E-state index is 11.2. The van der Waals surface area contributed by atoms with E-state index in [1.54, 1.807) is 13.1 Å². The predicted molar refractivity (Wildman–Crippen MR) is 72.9 cm³/mol. The van der Waals surface area contributed by atoms with Gasteiger partial charge in [-0.05, 0) is 17.7 Å². The second-order valence-electron chi connectivity index (χ2n) is 4.23. The Morgan fingerprint density at radius 3 is 2.67 bits per heavy atom. The van der Waals surface area contributed by atoms with Crippen LogP contribution in [0.25, 0.3) is 0 Å². The fourth-order valence-electron chi connectivity index (χ4n) is 1.73. The Morgan fingerprint density at radius 2 is 2.06 bits per heavy atom. The van der Waals surface area contributed by atoms with E-state index in [9.17, 15) is 4.79 Å². The Bertz CT molecular complexity index is 556. The summed E-state index contributed by atoms with van der Waals surface area (Å²) in [4.78, 5) is 11.2. The van der Waals surface area contributed by atoms with Crippen LogP contribution in [0.5, 0.6) is 0 Å². The van der Waals surface area contributed by atoms with E-state index >= 15 is 0 Å². The maximum Gasteiger partial charge on any atom is 0.266 e. The quantitative estimate of drug-likeness (QED) is 0.809. The lowest BCUT2D eigenvalue weighted by atomic mass is 10.2. The van der Waals surface area contributed by atoms with Gasteiger partial charge in [0.15, 0.2) is 0 Å². The number of halogens is 1. The molecule has 0 bridgehead atoms. The van der Waals surface area contributed by atoms with Gasteiger partial charge < -0.3 is 5.32 Å². The first-order chi connectivity index (χ1) is 8.65. The van der Waals surface area contributed by atoms with Gasteiger partial charge in [-0.1, -0.05) is 23.7 Å². The summed E-state index contributed by atoms with van der Waals surface area (Å²) in [7, 11) is 1.72. The van der Waals surface area contributed by atoms with Crippen molar-refractivity contribution >= 4 is 11.6 Å². The van der Waals surface area contributed by atoms with Gasteiger partial charge in [0.2, 0.25) is 0 Å². The molecule has 0 aliphatic heterocycles. The first-order valence-electron chi connectivity index (χ1n) is 5.85. The van der Waals surface area contributed by atoms with Crippen LogP contribution in [0.3, 0.4) is 0 Å². The summed E-state index contributed by atoms with van der Waals surface area (Å²) in [6.07, 6.45) is 0.809. The minimum absolute atomic E-state index is 0.00250. The Morgan fingerprint density at radius 1 is 1.33 bits per heavy atom. The van der Waals surface area contributed by atoms with Crippen molar-refractivity contribution in [2.24, 2.45) is 7.05 Å². The fourth-order valence-corrected chi connectivity index (χ4v) is 1.86. The second-order valence-corrected chi connectivity index (χ2v) is 4.67. The number of benzene rings is 1. The number of hydrogen-bond acceptors (Lipinski definition) is 2. The van der Waals surface area contributed by atoms with Gasteiger partial charge in [0.25, 0.3) is 5.56 Å². The molecule has 1 heterocycles. The molecule has 18 heavy (non-hydrogen) atoms. The highest BCUT2D eigenvalue weighted by Crippen LogP contribution is 2.08. The smallest absolute Gasteiger partial charge is 0.266 e. The molecule has 0 fully saturated rings. The number of aromatic amines is 1. The third-order valence-electron chi connectivity index (χ3n) is 2.75. The van der Waals surface area contributed by atoms with Gasteiger partial charge in [-0.25, -0.2) is 0 Å². The topological polar surface area (TPSA) is 49.8 Å². The zero-order chi connectivity index (χ0) is 13.0. The lowest BCUT2D eigenvalue weighted by Crippen LogP contribution is -2.16. The third-order valence-corrected chi connectivity index (χ3v) is 3.01. The highest BCUT2D eigenvalue weighted by atomic mass is 35.5. The highest BCUT2D eigenvalue weighted by Gasteiger charge is 1.99. The number of rotatable bonds is 5. The summed E-state index contributed by atoms with van der Waals surface area (Å²) in [5.74, 6) is 0. The van der Waals surface area contributed by atoms with E-state index in [1.165, 1.54) is 10.2 Å². The van der Waals surface area contributed by atoms with Gasteiger partial charge in [-0.3, -0.25) is 14.6 Å². The Labute approximate surface area is 111 Å². The van der Waals surface area contributed by atoms with Crippen LogP contribution in [0.15, 0.2) is 35.1 Å². The molecule has 0 atom stereocenters. The van der Waals surface area contributed by atoms with Crippen molar-refractivity contribution in [2.75, 3.05) is 6.54 Å². The zero-order valence-corrected chi connectivity index (χ0v) is 11.0. The van der Waals surface area contributed by atoms with Crippen molar-refractivity contribution in [1.29, 1.82) is 0 Å². The SMILES string of the molecule is Cn1[nH]c(CCNCc2ccc(Cl)cc2)cc1=O. The molecule has 0 aliphatic rings. The van der Waals surface area contributed by atoms with Crippen LogP contribution in [0, 0.1) is 0 Å². The number of aromatic nitrogens is 2. The van der Waals surface area contributed by atoms with E-state index in [0.717, 1.165) is 30.2 Å². The third kappa shape index (κ3) is 3.48. The van der Waals surface area contributed by atoms with Gasteiger partial charge in [-0.15, -0.1) is 0 Å². The Hall–Kier alpha value is -1.52. The number of aryl methyl sites for hydroxylation is 1. The van der Waals surface area contributed by atoms with Crippen LogP contribution >= 0.6 is 11.6 Å². The lowest BCUT2D eigenvalue weighted by Gasteiger charge is -2.04. The molecule has 0 aliphatic carbocycles. The molecule has 2 aromatic rings. The normalized spacial score (nSPS) is 10.8. The highest BCUT2D eigenvalue weighted by molar-refractivity contribution is 6.30. The van der Waals surface area contributed by atoms with E-state index < -0.39 is 0 Å². The van der Waals surface area contributed by atoms with Gasteiger partial charge in [0.05, 0.1) is 0 Å². The molecule has 1 aromatic carbocycles. The van der Waals surface area contributed by atoms with E-state index in [0.29, 0.717) is 0 Å². The number of hydrogen-bond donors (Lipinski definition) is 2. The molecule has 0 spiro atoms. The molecule has 96 valence electrons. The average molecular weight is 266 g/mol. The molecule has 4 nitrogen and oxygen atoms in total. The molecule has 0 radical (unpaired) electrons. The van der Waals surface area contributed by atoms with Crippen LogP contribution < -0.4 is 10.9 Å². The average Bonchev–Trinajstić information content (AvgIpc) is 2.67. The van der Waals surface area contributed by atoms with Crippen molar-refractivity contribution < 1.29 is 0 Å². The summed E-state index contributed by atoms with van der Waals surface area (Å²) >= 11 is 5.81. The minimum atomic E-state index is 0.00250. The molecular weight excluding hydrogens is 250 g/mol. The maximum atomic E-state index is 11.2. The molecular formula is C13H16ClN3O. The van der Waals surface area contributed by atoms with E-state index in [-0.39, 0.29) is 5.56 Å². The molecule has 0 saturated heterocycles. The summed E-state index contributed by atoms with van der Waals surface area (Å²) in [6.45, 7) is 1.62. The summed E-state index contributed by atoms with van der Waals surface area (Å²) in [6, 6.07) is 9.39. The van der Waals surface area contributed by atoms with Crippen molar-refractivity contribution in [2.45, 2.75) is 13.0 Å². The molecule has 1 aromatic heterocycles. The van der Waals surface area contributed by atoms with E-state index in [1.807, 2.05) is 24.3 Å². The first kappa shape index (κ1) is 12.9. The Kier molecular flexibility index (Phi) is 4.23. The minimum Gasteiger partial charge on any atom is -0.312 e. The molecule has 2 rings (SSSR count). The monoisotopic (exact) mass is 265 g/mol. The molecule has 2 N–H and O–H groups in total. The van der Waals surface area contributed by atoms with E-state index in [2.05, 4.69) is 10.4 Å². The van der Waals surface area contributed by atoms with Crippen LogP contribution in [-0.4, -0.2) is 16.3 Å². The van der Waals surface area contributed by atoms with Crippen LogP contribution in [0.4, 0.5) is 0 Å². The molecule has 0 saturated carbocycles. The standard InChI is InChI=1S/C13H16ClN3O/c1-17-13(18)8-12(16-17)6-7-15-9-10-2-4-11(14)5-3-10/h2-5,8,15-16H,6-7,9H2,1H3. The predicted octanol–water partition coefficient (Wildman–Crippen LogP) is 1.70. The van der Waals surface area contributed by atoms with Crippen molar-refractivity contribution in [3.63, 3.8) is 0 Å². The second kappa shape index (κ2) is 5.89. The van der Waals surface area contributed by atoms with E-state index in [4.69, 9.17) is 11.6 Å². The van der Waals surface area contributed by atoms with Crippen LogP contribution in [-0.2, 0) is 20.0 Å². The number of H-pyrrole nitrogens is 1. The zero-order valence-electron chi connectivity index (χ0n) is 10.2. The van der Waals surface area contributed by atoms with Gasteiger partial charge in [0, 0.05) is 43.3 Å². The summed E-state index contributed by atoms with van der Waals surface area (Å²) in [5, 5.41) is 7.07. The Balaban J connectivity index is 1.76. The lowest BCUT2D eigenvalue weighted by molar-refractivity contribution is 0.662. The van der Waals surface area contributed by atoms with Crippen molar-refractivity contribution in [1.82, 2.24) is 15.1 Å². The van der Waals surface area contributed by atoms with Crippen molar-refractivity contribution in [3.8, 4) is 0 Å². The number of nitrogens with zero attached hydrogens (tertiary/aromatic N) is 1. The van der Waals surface area contributed by atoms with Gasteiger partial charge in [0.1, 0.15) is 0 Å². The summed E-state index contributed by atoms with van der Waals surface area (Å²) in [5.41, 5.74) is 2.15. The molecule has 0 unspecified atom stereocenters. The van der Waals surface area contributed by atoms with Crippen LogP contribution in [0.2, 0.25) is 5.02 Å². The van der Waals surface area contributed by atoms with Gasteiger partial charge in [-0.2, -0.15) is 0 Å². The largest absolute Gasteiger partial charge is 0.312 e. The summed E-state index contributed by atoms with van der Waals surface area (Å²) < 4.78 is 1.48. The van der Waals surface area contributed by atoms with Crippen LogP contribution in [0.1, 0.15) is 11.3 Å². The first-order valence-corrected chi connectivity index (χ1v) is 6.23.